The second-order valence-electron chi connectivity index (χ2n) is 8.70. The number of nitrogens with one attached hydrogen (secondary N) is 2. The molecular formula is C23H31ClN2OS. The lowest BCUT2D eigenvalue weighted by Gasteiger charge is -2.21. The number of carbonyl (C=O) groups excluding carboxylic acids is 1. The zero-order valence-electron chi connectivity index (χ0n) is 17.8. The fourth-order valence-corrected chi connectivity index (χ4v) is 3.93. The van der Waals surface area contributed by atoms with E-state index in [9.17, 15) is 4.79 Å². The Kier molecular flexibility index (Phi) is 7.46. The van der Waals surface area contributed by atoms with Crippen LogP contribution in [-0.2, 0) is 5.41 Å². The average molecular weight is 419 g/mol. The molecule has 152 valence electrons. The van der Waals surface area contributed by atoms with Crippen LogP contribution < -0.4 is 10.0 Å². The lowest BCUT2D eigenvalue weighted by atomic mass is 9.87. The summed E-state index contributed by atoms with van der Waals surface area (Å²) in [7, 11) is 0. The molecule has 0 aromatic heterocycles. The summed E-state index contributed by atoms with van der Waals surface area (Å²) in [6.45, 7) is 15.0. The number of amides is 2. The second kappa shape index (κ2) is 9.23. The fourth-order valence-electron chi connectivity index (χ4n) is 2.99. The van der Waals surface area contributed by atoms with Crippen LogP contribution in [-0.4, -0.2) is 6.03 Å². The SMILES string of the molecule is CC(C)c1cccc(C(C)C)c1NC(=O)NSc1cc(Cl)cc(C(C)(C)C)c1. The van der Waals surface area contributed by atoms with Gasteiger partial charge in [-0.3, -0.25) is 4.72 Å². The molecule has 0 radical (unpaired) electrons. The predicted octanol–water partition coefficient (Wildman–Crippen LogP) is 7.71. The zero-order valence-corrected chi connectivity index (χ0v) is 19.4. The third kappa shape index (κ3) is 5.92. The van der Waals surface area contributed by atoms with E-state index in [1.807, 2.05) is 12.1 Å². The number of carbonyl (C=O) groups is 1. The standard InChI is InChI=1S/C23H31ClN2OS/c1-14(2)19-9-8-10-20(15(3)4)21(19)25-22(27)26-28-18-12-16(23(5,6)7)11-17(24)13-18/h8-15H,1-7H3,(H2,25,26,27). The van der Waals surface area contributed by atoms with Crippen LogP contribution in [0.25, 0.3) is 0 Å². The summed E-state index contributed by atoms with van der Waals surface area (Å²) in [5.74, 6) is 0.646. The average Bonchev–Trinajstić information content (AvgIpc) is 2.58. The van der Waals surface area contributed by atoms with Crippen LogP contribution in [0.1, 0.15) is 77.0 Å². The monoisotopic (exact) mass is 418 g/mol. The highest BCUT2D eigenvalue weighted by Crippen LogP contribution is 2.33. The van der Waals surface area contributed by atoms with Crippen LogP contribution in [0.5, 0.6) is 0 Å². The molecule has 0 aliphatic heterocycles. The molecule has 2 aromatic carbocycles. The molecule has 0 saturated carbocycles. The van der Waals surface area contributed by atoms with Crippen molar-refractivity contribution >= 4 is 35.3 Å². The summed E-state index contributed by atoms with van der Waals surface area (Å²) < 4.78 is 2.89. The molecular weight excluding hydrogens is 388 g/mol. The van der Waals surface area contributed by atoms with Crippen LogP contribution in [0.15, 0.2) is 41.3 Å². The lowest BCUT2D eigenvalue weighted by Crippen LogP contribution is -2.24. The Morgan fingerprint density at radius 1 is 1.00 bits per heavy atom. The summed E-state index contributed by atoms with van der Waals surface area (Å²) in [5.41, 5.74) is 4.32. The molecule has 3 nitrogen and oxygen atoms in total. The van der Waals surface area contributed by atoms with E-state index in [4.69, 9.17) is 11.6 Å². The van der Waals surface area contributed by atoms with Crippen molar-refractivity contribution in [1.82, 2.24) is 4.72 Å². The van der Waals surface area contributed by atoms with Crippen molar-refractivity contribution in [1.29, 1.82) is 0 Å². The highest BCUT2D eigenvalue weighted by molar-refractivity contribution is 7.98. The van der Waals surface area contributed by atoms with E-state index < -0.39 is 0 Å². The van der Waals surface area contributed by atoms with Crippen molar-refractivity contribution in [2.75, 3.05) is 5.32 Å². The molecule has 2 amide bonds. The van der Waals surface area contributed by atoms with Gasteiger partial charge in [0.05, 0.1) is 0 Å². The number of rotatable bonds is 5. The predicted molar refractivity (Wildman–Crippen MR) is 123 cm³/mol. The number of urea groups is 1. The lowest BCUT2D eigenvalue weighted by molar-refractivity contribution is 0.257. The molecule has 0 saturated heterocycles. The molecule has 0 bridgehead atoms. The normalized spacial score (nSPS) is 11.8. The molecule has 0 aliphatic carbocycles. The van der Waals surface area contributed by atoms with Gasteiger partial charge in [0, 0.05) is 15.6 Å². The van der Waals surface area contributed by atoms with Gasteiger partial charge >= 0.3 is 6.03 Å². The van der Waals surface area contributed by atoms with Crippen molar-refractivity contribution in [3.05, 3.63) is 58.1 Å². The van der Waals surface area contributed by atoms with Gasteiger partial charge in [0.2, 0.25) is 0 Å². The quantitative estimate of drug-likeness (QED) is 0.488. The summed E-state index contributed by atoms with van der Waals surface area (Å²) in [6, 6.07) is 11.9. The molecule has 0 unspecified atom stereocenters. The molecule has 0 spiro atoms. The summed E-state index contributed by atoms with van der Waals surface area (Å²) >= 11 is 7.54. The van der Waals surface area contributed by atoms with Gasteiger partial charge in [-0.2, -0.15) is 0 Å². The topological polar surface area (TPSA) is 41.1 Å². The van der Waals surface area contributed by atoms with E-state index in [0.29, 0.717) is 16.9 Å². The Bertz CT molecular complexity index is 815. The van der Waals surface area contributed by atoms with Crippen LogP contribution in [0.4, 0.5) is 10.5 Å². The summed E-state index contributed by atoms with van der Waals surface area (Å²) in [5, 5.41) is 3.74. The van der Waals surface area contributed by atoms with Gasteiger partial charge in [0.1, 0.15) is 0 Å². The third-order valence-electron chi connectivity index (χ3n) is 4.61. The fraction of sp³-hybridized carbons (Fsp3) is 0.435. The summed E-state index contributed by atoms with van der Waals surface area (Å²) in [6.07, 6.45) is 0. The van der Waals surface area contributed by atoms with Gasteiger partial charge < -0.3 is 5.32 Å². The number of anilines is 1. The maximum atomic E-state index is 12.6. The van der Waals surface area contributed by atoms with Crippen molar-refractivity contribution in [3.8, 4) is 0 Å². The molecule has 0 aliphatic rings. The number of benzene rings is 2. The van der Waals surface area contributed by atoms with Crippen LogP contribution in [0, 0.1) is 0 Å². The Hall–Kier alpha value is -1.65. The Balaban J connectivity index is 2.17. The van der Waals surface area contributed by atoms with E-state index in [1.54, 1.807) is 0 Å². The van der Waals surface area contributed by atoms with E-state index in [1.165, 1.54) is 11.9 Å². The first-order valence-electron chi connectivity index (χ1n) is 9.66. The van der Waals surface area contributed by atoms with Crippen LogP contribution >= 0.6 is 23.5 Å². The first-order valence-corrected chi connectivity index (χ1v) is 10.9. The van der Waals surface area contributed by atoms with Crippen molar-refractivity contribution in [2.24, 2.45) is 0 Å². The van der Waals surface area contributed by atoms with Gasteiger partial charge in [-0.25, -0.2) is 4.79 Å². The third-order valence-corrected chi connectivity index (χ3v) is 5.59. The van der Waals surface area contributed by atoms with Crippen molar-refractivity contribution < 1.29 is 4.79 Å². The van der Waals surface area contributed by atoms with Gasteiger partial charge in [-0.15, -0.1) is 0 Å². The molecule has 2 aromatic rings. The minimum atomic E-state index is -0.239. The minimum absolute atomic E-state index is 0.00909. The van der Waals surface area contributed by atoms with E-state index in [0.717, 1.165) is 27.3 Å². The van der Waals surface area contributed by atoms with Gasteiger partial charge in [-0.1, -0.05) is 78.3 Å². The first-order chi connectivity index (χ1) is 13.0. The maximum Gasteiger partial charge on any atom is 0.329 e. The molecule has 2 rings (SSSR count). The molecule has 5 heteroatoms. The van der Waals surface area contributed by atoms with Gasteiger partial charge in [0.15, 0.2) is 0 Å². The number of hydrogen-bond acceptors (Lipinski definition) is 2. The summed E-state index contributed by atoms with van der Waals surface area (Å²) in [4.78, 5) is 13.5. The molecule has 2 N–H and O–H groups in total. The van der Waals surface area contributed by atoms with Crippen LogP contribution in [0.3, 0.4) is 0 Å². The highest BCUT2D eigenvalue weighted by atomic mass is 35.5. The molecule has 0 atom stereocenters. The van der Waals surface area contributed by atoms with Gasteiger partial charge in [-0.05, 0) is 64.1 Å². The van der Waals surface area contributed by atoms with Crippen LogP contribution in [0.2, 0.25) is 5.02 Å². The molecule has 0 fully saturated rings. The number of halogens is 1. The second-order valence-corrected chi connectivity index (χ2v) is 10.0. The van der Waals surface area contributed by atoms with Crippen molar-refractivity contribution in [3.63, 3.8) is 0 Å². The smallest absolute Gasteiger partial charge is 0.307 e. The van der Waals surface area contributed by atoms with E-state index >= 15 is 0 Å². The maximum absolute atomic E-state index is 12.6. The Labute approximate surface area is 178 Å². The minimum Gasteiger partial charge on any atom is -0.307 e. The first kappa shape index (κ1) is 22.6. The Morgan fingerprint density at radius 3 is 2.07 bits per heavy atom. The zero-order chi connectivity index (χ0) is 21.1. The van der Waals surface area contributed by atoms with Crippen molar-refractivity contribution in [2.45, 2.75) is 70.6 Å². The number of hydrogen-bond donors (Lipinski definition) is 2. The van der Waals surface area contributed by atoms with E-state index in [-0.39, 0.29) is 11.4 Å². The Morgan fingerprint density at radius 2 is 1.57 bits per heavy atom. The number of para-hydroxylation sites is 1. The largest absolute Gasteiger partial charge is 0.329 e. The molecule has 28 heavy (non-hydrogen) atoms. The molecule has 0 heterocycles. The van der Waals surface area contributed by atoms with E-state index in [2.05, 4.69) is 82.8 Å². The highest BCUT2D eigenvalue weighted by Gasteiger charge is 2.17. The van der Waals surface area contributed by atoms with Gasteiger partial charge in [0.25, 0.3) is 0 Å².